The van der Waals surface area contributed by atoms with E-state index < -0.39 is 46.8 Å². The van der Waals surface area contributed by atoms with Crippen molar-refractivity contribution in [1.29, 1.82) is 0 Å². The third-order valence-electron chi connectivity index (χ3n) is 3.31. The van der Waals surface area contributed by atoms with Gasteiger partial charge in [-0.2, -0.15) is 26.3 Å². The highest BCUT2D eigenvalue weighted by molar-refractivity contribution is 5.67. The molecule has 0 radical (unpaired) electrons. The Hall–Kier alpha value is -2.85. The number of nitrogens with zero attached hydrogens (tertiary/aromatic N) is 2. The second-order valence-corrected chi connectivity index (χ2v) is 4.96. The van der Waals surface area contributed by atoms with Crippen LogP contribution in [0, 0.1) is 0 Å². The van der Waals surface area contributed by atoms with Crippen LogP contribution in [0.3, 0.4) is 0 Å². The molecule has 26 heavy (non-hydrogen) atoms. The van der Waals surface area contributed by atoms with Gasteiger partial charge in [0.05, 0.1) is 11.1 Å². The lowest BCUT2D eigenvalue weighted by atomic mass is 9.95. The van der Waals surface area contributed by atoms with Crippen molar-refractivity contribution >= 4 is 6.09 Å². The molecule has 1 amide bonds. The van der Waals surface area contributed by atoms with Crippen molar-refractivity contribution in [1.82, 2.24) is 15.3 Å². The molecule has 0 spiro atoms. The lowest BCUT2D eigenvalue weighted by Gasteiger charge is -2.24. The molecule has 0 bridgehead atoms. The van der Waals surface area contributed by atoms with E-state index in [1.165, 1.54) is 0 Å². The molecule has 11 heteroatoms. The lowest BCUT2D eigenvalue weighted by molar-refractivity contribution is -0.140. The summed E-state index contributed by atoms with van der Waals surface area (Å²) >= 11 is 0. The molecule has 2 aromatic rings. The smallest absolute Gasteiger partial charge is 0.416 e. The van der Waals surface area contributed by atoms with Crippen LogP contribution in [-0.2, 0) is 17.1 Å². The Morgan fingerprint density at radius 1 is 0.962 bits per heavy atom. The minimum absolute atomic E-state index is 0.583. The molecule has 0 aliphatic heterocycles. The predicted molar refractivity (Wildman–Crippen MR) is 75.9 cm³/mol. The highest BCUT2D eigenvalue weighted by atomic mass is 19.4. The van der Waals surface area contributed by atoms with Gasteiger partial charge in [0.1, 0.15) is 0 Å². The summed E-state index contributed by atoms with van der Waals surface area (Å²) in [5.74, 6) is 0. The zero-order valence-electron chi connectivity index (χ0n) is 13.0. The monoisotopic (exact) mass is 379 g/mol. The van der Waals surface area contributed by atoms with E-state index in [1.54, 1.807) is 0 Å². The molecule has 5 nitrogen and oxygen atoms in total. The number of halogens is 6. The maximum Gasteiger partial charge on any atom is 0.416 e. The summed E-state index contributed by atoms with van der Waals surface area (Å²) in [4.78, 5) is 18.6. The lowest BCUT2D eigenvalue weighted by Crippen LogP contribution is -2.26. The van der Waals surface area contributed by atoms with Crippen LogP contribution in [0.2, 0.25) is 0 Å². The highest BCUT2D eigenvalue weighted by Gasteiger charge is 2.41. The third-order valence-corrected chi connectivity index (χ3v) is 3.31. The maximum atomic E-state index is 13.3. The number of pyridine rings is 2. The number of amides is 1. The average molecular weight is 379 g/mol. The van der Waals surface area contributed by atoms with Gasteiger partial charge in [-0.3, -0.25) is 9.97 Å². The molecule has 0 aliphatic carbocycles. The second kappa shape index (κ2) is 7.18. The summed E-state index contributed by atoms with van der Waals surface area (Å²) in [6.07, 6.45) is -9.98. The molecule has 0 aliphatic rings. The molecule has 1 N–H and O–H groups in total. The Kier molecular flexibility index (Phi) is 5.38. The van der Waals surface area contributed by atoms with Gasteiger partial charge in [0.15, 0.2) is 6.10 Å². The van der Waals surface area contributed by atoms with Crippen LogP contribution >= 0.6 is 0 Å². The molecule has 0 saturated carbocycles. The number of alkyl halides is 6. The van der Waals surface area contributed by atoms with Gasteiger partial charge in [0, 0.05) is 43.0 Å². The topological polar surface area (TPSA) is 64.1 Å². The summed E-state index contributed by atoms with van der Waals surface area (Å²) in [5.41, 5.74) is -4.05. The van der Waals surface area contributed by atoms with Crippen molar-refractivity contribution < 1.29 is 35.9 Å². The molecule has 2 heterocycles. The molecule has 0 unspecified atom stereocenters. The molecule has 0 atom stereocenters. The first kappa shape index (κ1) is 19.5. The van der Waals surface area contributed by atoms with Crippen LogP contribution in [0.5, 0.6) is 0 Å². The van der Waals surface area contributed by atoms with Crippen molar-refractivity contribution in [2.24, 2.45) is 0 Å². The highest BCUT2D eigenvalue weighted by Crippen LogP contribution is 2.41. The SMILES string of the molecule is CNC(=O)OC(c1cnccc1C(F)(F)F)c1cnccc1C(F)(F)F. The minimum Gasteiger partial charge on any atom is -0.436 e. The molecular formula is C15H11F6N3O2. The van der Waals surface area contributed by atoms with E-state index in [9.17, 15) is 31.1 Å². The van der Waals surface area contributed by atoms with Crippen LogP contribution in [-0.4, -0.2) is 23.1 Å². The zero-order valence-corrected chi connectivity index (χ0v) is 13.0. The standard InChI is InChI=1S/C15H11F6N3O2/c1-22-13(25)26-12(8-6-23-4-2-10(8)14(16,17)18)9-7-24-5-3-11(9)15(19,20)21/h2-7,12H,1H3,(H,22,25). The van der Waals surface area contributed by atoms with E-state index in [2.05, 4.69) is 9.97 Å². The fourth-order valence-corrected chi connectivity index (χ4v) is 2.21. The van der Waals surface area contributed by atoms with Crippen molar-refractivity contribution in [2.75, 3.05) is 7.05 Å². The van der Waals surface area contributed by atoms with Gasteiger partial charge >= 0.3 is 18.4 Å². The zero-order chi connectivity index (χ0) is 19.5. The Labute approximate surface area is 143 Å². The van der Waals surface area contributed by atoms with Gasteiger partial charge in [0.25, 0.3) is 0 Å². The fourth-order valence-electron chi connectivity index (χ4n) is 2.21. The van der Waals surface area contributed by atoms with Crippen LogP contribution in [0.15, 0.2) is 36.9 Å². The first-order valence-electron chi connectivity index (χ1n) is 6.96. The summed E-state index contributed by atoms with van der Waals surface area (Å²) in [7, 11) is 1.11. The summed E-state index contributed by atoms with van der Waals surface area (Å²) in [6, 6.07) is 1.17. The van der Waals surface area contributed by atoms with Crippen LogP contribution in [0.25, 0.3) is 0 Å². The van der Waals surface area contributed by atoms with E-state index >= 15 is 0 Å². The number of hydrogen-bond acceptors (Lipinski definition) is 4. The minimum atomic E-state index is -4.90. The molecule has 0 aromatic carbocycles. The van der Waals surface area contributed by atoms with Gasteiger partial charge in [-0.25, -0.2) is 4.79 Å². The number of rotatable bonds is 3. The predicted octanol–water partition coefficient (Wildman–Crippen LogP) is 3.96. The maximum absolute atomic E-state index is 13.3. The first-order chi connectivity index (χ1) is 12.1. The quantitative estimate of drug-likeness (QED) is 0.820. The second-order valence-electron chi connectivity index (χ2n) is 4.96. The van der Waals surface area contributed by atoms with Gasteiger partial charge in [-0.05, 0) is 12.1 Å². The van der Waals surface area contributed by atoms with E-state index in [-0.39, 0.29) is 0 Å². The van der Waals surface area contributed by atoms with E-state index in [0.29, 0.717) is 24.5 Å². The largest absolute Gasteiger partial charge is 0.436 e. The van der Waals surface area contributed by atoms with Crippen LogP contribution in [0.1, 0.15) is 28.4 Å². The first-order valence-corrected chi connectivity index (χ1v) is 6.96. The van der Waals surface area contributed by atoms with Crippen molar-refractivity contribution in [2.45, 2.75) is 18.5 Å². The molecule has 2 aromatic heterocycles. The summed E-state index contributed by atoms with van der Waals surface area (Å²) in [6.45, 7) is 0. The van der Waals surface area contributed by atoms with Gasteiger partial charge in [-0.15, -0.1) is 0 Å². The number of alkyl carbamates (subject to hydrolysis) is 1. The Morgan fingerprint density at radius 2 is 1.38 bits per heavy atom. The Balaban J connectivity index is 2.71. The van der Waals surface area contributed by atoms with Gasteiger partial charge in [-0.1, -0.05) is 0 Å². The number of nitrogens with one attached hydrogen (secondary N) is 1. The van der Waals surface area contributed by atoms with E-state index in [0.717, 1.165) is 19.4 Å². The number of ether oxygens (including phenoxy) is 1. The Morgan fingerprint density at radius 3 is 1.73 bits per heavy atom. The normalized spacial score (nSPS) is 12.2. The van der Waals surface area contributed by atoms with Crippen molar-refractivity contribution in [3.8, 4) is 0 Å². The summed E-state index contributed by atoms with van der Waals surface area (Å²) < 4.78 is 84.4. The molecule has 0 fully saturated rings. The number of aromatic nitrogens is 2. The van der Waals surface area contributed by atoms with E-state index in [4.69, 9.17) is 4.74 Å². The summed E-state index contributed by atoms with van der Waals surface area (Å²) in [5, 5.41) is 1.99. The number of carbonyl (C=O) groups excluding carboxylic acids is 1. The number of carbonyl (C=O) groups is 1. The molecule has 2 rings (SSSR count). The fraction of sp³-hybridized carbons (Fsp3) is 0.267. The van der Waals surface area contributed by atoms with Gasteiger partial charge in [0.2, 0.25) is 0 Å². The number of hydrogen-bond donors (Lipinski definition) is 1. The van der Waals surface area contributed by atoms with Crippen molar-refractivity contribution in [3.05, 3.63) is 59.2 Å². The molecule has 0 saturated heterocycles. The van der Waals surface area contributed by atoms with Gasteiger partial charge < -0.3 is 10.1 Å². The Bertz CT molecular complexity index is 734. The van der Waals surface area contributed by atoms with Crippen LogP contribution in [0.4, 0.5) is 31.1 Å². The van der Waals surface area contributed by atoms with Crippen molar-refractivity contribution in [3.63, 3.8) is 0 Å². The molecule has 140 valence electrons. The van der Waals surface area contributed by atoms with E-state index in [1.807, 2.05) is 5.32 Å². The third kappa shape index (κ3) is 4.21. The molecular weight excluding hydrogens is 368 g/mol. The average Bonchev–Trinajstić information content (AvgIpc) is 2.58. The van der Waals surface area contributed by atoms with Crippen LogP contribution < -0.4 is 5.32 Å².